The molecule has 1 atom stereocenters. The van der Waals surface area contributed by atoms with Gasteiger partial charge in [-0.05, 0) is 43.6 Å². The third-order valence-electron chi connectivity index (χ3n) is 3.95. The lowest BCUT2D eigenvalue weighted by molar-refractivity contribution is -0.121. The number of anilines is 1. The fourth-order valence-corrected chi connectivity index (χ4v) is 2.45. The van der Waals surface area contributed by atoms with Crippen LogP contribution in [0, 0.1) is 11.8 Å². The Morgan fingerprint density at radius 3 is 2.73 bits per heavy atom. The first-order valence-electron chi connectivity index (χ1n) is 7.62. The van der Waals surface area contributed by atoms with Gasteiger partial charge < -0.3 is 16.0 Å². The molecule has 0 bridgehead atoms. The molecule has 5 nitrogen and oxygen atoms in total. The Morgan fingerprint density at radius 1 is 1.41 bits per heavy atom. The number of carbonyl (C=O) groups excluding carboxylic acids is 2. The Balaban J connectivity index is 2.12. The molecule has 1 unspecified atom stereocenters. The molecule has 1 heterocycles. The average molecular weight is 324 g/mol. The van der Waals surface area contributed by atoms with Gasteiger partial charge in [0.15, 0.2) is 0 Å². The summed E-state index contributed by atoms with van der Waals surface area (Å²) in [5, 5.41) is 9.30. The smallest absolute Gasteiger partial charge is 0.253 e. The maximum Gasteiger partial charge on any atom is 0.253 e. The van der Waals surface area contributed by atoms with E-state index in [1.807, 2.05) is 13.8 Å². The van der Waals surface area contributed by atoms with Gasteiger partial charge >= 0.3 is 0 Å². The molecular formula is C16H22ClN3O2. The van der Waals surface area contributed by atoms with Gasteiger partial charge in [0.25, 0.3) is 5.91 Å². The molecule has 22 heavy (non-hydrogen) atoms. The zero-order valence-electron chi connectivity index (χ0n) is 12.9. The summed E-state index contributed by atoms with van der Waals surface area (Å²) in [6.07, 6.45) is 0.854. The van der Waals surface area contributed by atoms with Crippen LogP contribution in [0.15, 0.2) is 18.2 Å². The number of halogens is 1. The van der Waals surface area contributed by atoms with Crippen LogP contribution in [0.1, 0.15) is 30.6 Å². The highest BCUT2D eigenvalue weighted by Crippen LogP contribution is 2.24. The van der Waals surface area contributed by atoms with E-state index >= 15 is 0 Å². The van der Waals surface area contributed by atoms with Gasteiger partial charge in [-0.2, -0.15) is 0 Å². The molecule has 1 aromatic rings. The van der Waals surface area contributed by atoms with E-state index < -0.39 is 0 Å². The number of carbonyl (C=O) groups is 2. The standard InChI is InChI=1S/C16H22ClN3O2/c1-3-6-19-16(22)13-5-4-12(17)7-14(13)20-15(21)10(2)11-8-18-9-11/h4-5,7,10-11,18H,3,6,8-9H2,1-2H3,(H,19,22)(H,20,21). The van der Waals surface area contributed by atoms with Crippen molar-refractivity contribution in [3.8, 4) is 0 Å². The van der Waals surface area contributed by atoms with Crippen molar-refractivity contribution >= 4 is 29.1 Å². The zero-order valence-corrected chi connectivity index (χ0v) is 13.7. The topological polar surface area (TPSA) is 70.2 Å². The molecule has 0 radical (unpaired) electrons. The number of benzene rings is 1. The van der Waals surface area contributed by atoms with E-state index in [0.29, 0.717) is 28.7 Å². The SMILES string of the molecule is CCCNC(=O)c1ccc(Cl)cc1NC(=O)C(C)C1CNC1. The predicted octanol–water partition coefficient (Wildman–Crippen LogP) is 2.27. The van der Waals surface area contributed by atoms with Crippen LogP contribution >= 0.6 is 11.6 Å². The highest BCUT2D eigenvalue weighted by molar-refractivity contribution is 6.31. The second-order valence-electron chi connectivity index (χ2n) is 5.64. The van der Waals surface area contributed by atoms with Gasteiger partial charge in [-0.3, -0.25) is 9.59 Å². The quantitative estimate of drug-likeness (QED) is 0.752. The molecule has 0 aliphatic carbocycles. The molecule has 2 amide bonds. The maximum absolute atomic E-state index is 12.3. The van der Waals surface area contributed by atoms with Crippen LogP contribution in [0.5, 0.6) is 0 Å². The van der Waals surface area contributed by atoms with E-state index in [1.54, 1.807) is 18.2 Å². The molecule has 2 rings (SSSR count). The van der Waals surface area contributed by atoms with Crippen molar-refractivity contribution in [2.45, 2.75) is 20.3 Å². The largest absolute Gasteiger partial charge is 0.352 e. The molecule has 1 aliphatic rings. The Kier molecular flexibility index (Phi) is 5.80. The van der Waals surface area contributed by atoms with Gasteiger partial charge in [0.1, 0.15) is 0 Å². The van der Waals surface area contributed by atoms with Crippen LogP contribution in [0.3, 0.4) is 0 Å². The summed E-state index contributed by atoms with van der Waals surface area (Å²) < 4.78 is 0. The molecular weight excluding hydrogens is 302 g/mol. The van der Waals surface area contributed by atoms with E-state index in [-0.39, 0.29) is 17.7 Å². The summed E-state index contributed by atoms with van der Waals surface area (Å²) in [5.41, 5.74) is 0.898. The van der Waals surface area contributed by atoms with Crippen molar-refractivity contribution in [1.29, 1.82) is 0 Å². The van der Waals surface area contributed by atoms with Crippen LogP contribution in [-0.4, -0.2) is 31.4 Å². The normalized spacial score (nSPS) is 15.8. The average Bonchev–Trinajstić information content (AvgIpc) is 2.43. The summed E-state index contributed by atoms with van der Waals surface area (Å²) in [6, 6.07) is 4.90. The lowest BCUT2D eigenvalue weighted by Crippen LogP contribution is -2.48. The van der Waals surface area contributed by atoms with Crippen molar-refractivity contribution in [1.82, 2.24) is 10.6 Å². The predicted molar refractivity (Wildman–Crippen MR) is 88.2 cm³/mol. The fourth-order valence-electron chi connectivity index (χ4n) is 2.28. The minimum Gasteiger partial charge on any atom is -0.352 e. The van der Waals surface area contributed by atoms with Crippen LogP contribution in [-0.2, 0) is 4.79 Å². The van der Waals surface area contributed by atoms with E-state index in [1.165, 1.54) is 0 Å². The summed E-state index contributed by atoms with van der Waals surface area (Å²) in [7, 11) is 0. The lowest BCUT2D eigenvalue weighted by Gasteiger charge is -2.31. The number of amides is 2. The highest BCUT2D eigenvalue weighted by Gasteiger charge is 2.29. The Bertz CT molecular complexity index is 558. The van der Waals surface area contributed by atoms with Gasteiger partial charge in [-0.15, -0.1) is 0 Å². The molecule has 1 aliphatic heterocycles. The number of nitrogens with one attached hydrogen (secondary N) is 3. The third kappa shape index (κ3) is 3.99. The minimum absolute atomic E-state index is 0.0849. The maximum atomic E-state index is 12.3. The molecule has 0 spiro atoms. The van der Waals surface area contributed by atoms with E-state index in [0.717, 1.165) is 19.5 Å². The van der Waals surface area contributed by atoms with Crippen molar-refractivity contribution in [2.24, 2.45) is 11.8 Å². The van der Waals surface area contributed by atoms with Crippen LogP contribution in [0.25, 0.3) is 0 Å². The molecule has 1 fully saturated rings. The third-order valence-corrected chi connectivity index (χ3v) is 4.19. The molecule has 1 aromatic carbocycles. The van der Waals surface area contributed by atoms with Crippen LogP contribution in [0.4, 0.5) is 5.69 Å². The van der Waals surface area contributed by atoms with Crippen molar-refractivity contribution in [3.63, 3.8) is 0 Å². The Morgan fingerprint density at radius 2 is 2.14 bits per heavy atom. The zero-order chi connectivity index (χ0) is 16.1. The van der Waals surface area contributed by atoms with Crippen LogP contribution in [0.2, 0.25) is 5.02 Å². The number of rotatable bonds is 6. The summed E-state index contributed by atoms with van der Waals surface area (Å²) in [5.74, 6) is -0.0478. The second-order valence-corrected chi connectivity index (χ2v) is 6.08. The molecule has 0 saturated carbocycles. The number of hydrogen-bond donors (Lipinski definition) is 3. The second kappa shape index (κ2) is 7.61. The monoisotopic (exact) mass is 323 g/mol. The summed E-state index contributed by atoms with van der Waals surface area (Å²) in [6.45, 7) is 6.20. The van der Waals surface area contributed by atoms with Gasteiger partial charge in [-0.25, -0.2) is 0 Å². The lowest BCUT2D eigenvalue weighted by atomic mass is 9.88. The first-order valence-corrected chi connectivity index (χ1v) is 8.00. The van der Waals surface area contributed by atoms with E-state index in [9.17, 15) is 9.59 Å². The van der Waals surface area contributed by atoms with E-state index in [4.69, 9.17) is 11.6 Å². The first kappa shape index (κ1) is 16.8. The van der Waals surface area contributed by atoms with Crippen molar-refractivity contribution in [2.75, 3.05) is 25.0 Å². The highest BCUT2D eigenvalue weighted by atomic mass is 35.5. The fraction of sp³-hybridized carbons (Fsp3) is 0.500. The van der Waals surface area contributed by atoms with Gasteiger partial charge in [0.2, 0.25) is 5.91 Å². The first-order chi connectivity index (χ1) is 10.5. The minimum atomic E-state index is -0.202. The molecule has 120 valence electrons. The van der Waals surface area contributed by atoms with Crippen molar-refractivity contribution in [3.05, 3.63) is 28.8 Å². The van der Waals surface area contributed by atoms with Gasteiger partial charge in [0, 0.05) is 17.5 Å². The Hall–Kier alpha value is -1.59. The van der Waals surface area contributed by atoms with Crippen molar-refractivity contribution < 1.29 is 9.59 Å². The van der Waals surface area contributed by atoms with Gasteiger partial charge in [-0.1, -0.05) is 25.4 Å². The van der Waals surface area contributed by atoms with Crippen LogP contribution < -0.4 is 16.0 Å². The van der Waals surface area contributed by atoms with E-state index in [2.05, 4.69) is 16.0 Å². The molecule has 6 heteroatoms. The molecule has 3 N–H and O–H groups in total. The number of hydrogen-bond acceptors (Lipinski definition) is 3. The Labute approximate surface area is 135 Å². The summed E-state index contributed by atoms with van der Waals surface area (Å²) >= 11 is 6.00. The van der Waals surface area contributed by atoms with Gasteiger partial charge in [0.05, 0.1) is 11.3 Å². The molecule has 1 saturated heterocycles. The molecule has 0 aromatic heterocycles. The summed E-state index contributed by atoms with van der Waals surface area (Å²) in [4.78, 5) is 24.5.